The summed E-state index contributed by atoms with van der Waals surface area (Å²) in [5, 5.41) is 12.6. The van der Waals surface area contributed by atoms with Crippen LogP contribution >= 0.6 is 12.4 Å². The molecule has 2 rings (SSSR count). The van der Waals surface area contributed by atoms with Gasteiger partial charge in [0.2, 0.25) is 0 Å². The first-order valence-corrected chi connectivity index (χ1v) is 4.30. The van der Waals surface area contributed by atoms with Crippen LogP contribution in [-0.2, 0) is 13.0 Å². The van der Waals surface area contributed by atoms with Crippen LogP contribution in [0.1, 0.15) is 18.1 Å². The lowest BCUT2D eigenvalue weighted by atomic mass is 9.97. The first-order chi connectivity index (χ1) is 5.75. The molecule has 0 spiro atoms. The average molecular weight is 200 g/mol. The molecule has 1 aliphatic rings. The van der Waals surface area contributed by atoms with Gasteiger partial charge < -0.3 is 10.4 Å². The Morgan fingerprint density at radius 3 is 2.92 bits per heavy atom. The Bertz CT molecular complexity index is 301. The van der Waals surface area contributed by atoms with Crippen LogP contribution in [0.5, 0.6) is 5.75 Å². The van der Waals surface area contributed by atoms with E-state index < -0.39 is 0 Å². The summed E-state index contributed by atoms with van der Waals surface area (Å²) in [4.78, 5) is 0. The second-order valence-electron chi connectivity index (χ2n) is 3.44. The Hall–Kier alpha value is -0.730. The number of rotatable bonds is 0. The van der Waals surface area contributed by atoms with Gasteiger partial charge in [0, 0.05) is 12.6 Å². The van der Waals surface area contributed by atoms with Crippen molar-refractivity contribution in [1.82, 2.24) is 5.32 Å². The highest BCUT2D eigenvalue weighted by Crippen LogP contribution is 2.20. The molecule has 0 fully saturated rings. The van der Waals surface area contributed by atoms with E-state index in [1.807, 2.05) is 12.1 Å². The molecule has 1 aromatic carbocycles. The van der Waals surface area contributed by atoms with Crippen LogP contribution in [0.2, 0.25) is 0 Å². The van der Waals surface area contributed by atoms with E-state index in [-0.39, 0.29) is 12.4 Å². The van der Waals surface area contributed by atoms with Gasteiger partial charge in [-0.3, -0.25) is 0 Å². The Kier molecular flexibility index (Phi) is 3.17. The third-order valence-electron chi connectivity index (χ3n) is 2.36. The van der Waals surface area contributed by atoms with E-state index in [0.717, 1.165) is 13.0 Å². The molecule has 1 unspecified atom stereocenters. The van der Waals surface area contributed by atoms with Crippen molar-refractivity contribution in [2.45, 2.75) is 25.9 Å². The maximum atomic E-state index is 9.23. The molecule has 1 atom stereocenters. The first-order valence-electron chi connectivity index (χ1n) is 4.30. The highest BCUT2D eigenvalue weighted by atomic mass is 35.5. The fourth-order valence-electron chi connectivity index (χ4n) is 1.66. The van der Waals surface area contributed by atoms with Gasteiger partial charge in [0.05, 0.1) is 0 Å². The minimum atomic E-state index is 0. The molecule has 2 N–H and O–H groups in total. The summed E-state index contributed by atoms with van der Waals surface area (Å²) in [7, 11) is 0. The third-order valence-corrected chi connectivity index (χ3v) is 2.36. The van der Waals surface area contributed by atoms with Crippen molar-refractivity contribution >= 4 is 12.4 Å². The van der Waals surface area contributed by atoms with Gasteiger partial charge in [0.25, 0.3) is 0 Å². The molecule has 3 heteroatoms. The molecule has 1 aromatic rings. The normalized spacial score (nSPS) is 20.2. The van der Waals surface area contributed by atoms with Crippen LogP contribution in [0.3, 0.4) is 0 Å². The highest BCUT2D eigenvalue weighted by Gasteiger charge is 2.13. The van der Waals surface area contributed by atoms with Crippen molar-refractivity contribution in [2.24, 2.45) is 0 Å². The molecule has 0 bridgehead atoms. The zero-order valence-corrected chi connectivity index (χ0v) is 8.40. The summed E-state index contributed by atoms with van der Waals surface area (Å²) < 4.78 is 0. The fourth-order valence-corrected chi connectivity index (χ4v) is 1.66. The molecule has 0 saturated carbocycles. The van der Waals surface area contributed by atoms with Crippen molar-refractivity contribution in [3.63, 3.8) is 0 Å². The van der Waals surface area contributed by atoms with Crippen LogP contribution in [-0.4, -0.2) is 11.1 Å². The summed E-state index contributed by atoms with van der Waals surface area (Å²) in [5.41, 5.74) is 2.59. The second-order valence-corrected chi connectivity index (χ2v) is 3.44. The van der Waals surface area contributed by atoms with Gasteiger partial charge >= 0.3 is 0 Å². The number of phenols is 1. The summed E-state index contributed by atoms with van der Waals surface area (Å²) in [6.45, 7) is 3.06. The fraction of sp³-hybridized carbons (Fsp3) is 0.400. The quantitative estimate of drug-likeness (QED) is 0.669. The molecule has 13 heavy (non-hydrogen) atoms. The van der Waals surface area contributed by atoms with Crippen LogP contribution in [0.4, 0.5) is 0 Å². The standard InChI is InChI=1S/C10H13NO.ClH/c1-7-4-8-2-3-10(12)5-9(8)6-11-7;/h2-3,5,7,11-12H,4,6H2,1H3;1H. The highest BCUT2D eigenvalue weighted by molar-refractivity contribution is 5.85. The van der Waals surface area contributed by atoms with Crippen LogP contribution in [0, 0.1) is 0 Å². The van der Waals surface area contributed by atoms with E-state index in [1.165, 1.54) is 11.1 Å². The predicted molar refractivity (Wildman–Crippen MR) is 55.4 cm³/mol. The summed E-state index contributed by atoms with van der Waals surface area (Å²) in [6.07, 6.45) is 1.07. The van der Waals surface area contributed by atoms with Gasteiger partial charge in [-0.2, -0.15) is 0 Å². The first kappa shape index (κ1) is 10.4. The van der Waals surface area contributed by atoms with Crippen molar-refractivity contribution in [2.75, 3.05) is 0 Å². The average Bonchev–Trinajstić information content (AvgIpc) is 2.05. The predicted octanol–water partition coefficient (Wildman–Crippen LogP) is 1.85. The zero-order valence-electron chi connectivity index (χ0n) is 7.58. The second kappa shape index (κ2) is 3.99. The maximum absolute atomic E-state index is 9.23. The van der Waals surface area contributed by atoms with Gasteiger partial charge in [0.1, 0.15) is 5.75 Å². The van der Waals surface area contributed by atoms with E-state index >= 15 is 0 Å². The Balaban J connectivity index is 0.000000845. The monoisotopic (exact) mass is 199 g/mol. The molecule has 0 saturated heterocycles. The van der Waals surface area contributed by atoms with E-state index in [9.17, 15) is 5.11 Å². The number of aromatic hydroxyl groups is 1. The number of nitrogens with one attached hydrogen (secondary N) is 1. The van der Waals surface area contributed by atoms with E-state index in [1.54, 1.807) is 6.07 Å². The van der Waals surface area contributed by atoms with E-state index in [4.69, 9.17) is 0 Å². The summed E-state index contributed by atoms with van der Waals surface area (Å²) in [5.74, 6) is 0.366. The van der Waals surface area contributed by atoms with Crippen LogP contribution in [0.15, 0.2) is 18.2 Å². The zero-order chi connectivity index (χ0) is 8.55. The summed E-state index contributed by atoms with van der Waals surface area (Å²) >= 11 is 0. The SMILES string of the molecule is CC1Cc2ccc(O)cc2CN1.Cl. The van der Waals surface area contributed by atoms with Crippen molar-refractivity contribution in [3.05, 3.63) is 29.3 Å². The Morgan fingerprint density at radius 2 is 2.15 bits per heavy atom. The number of hydrogen-bond acceptors (Lipinski definition) is 2. The van der Waals surface area contributed by atoms with Gasteiger partial charge in [0.15, 0.2) is 0 Å². The minimum Gasteiger partial charge on any atom is -0.508 e. The van der Waals surface area contributed by atoms with Gasteiger partial charge in [-0.05, 0) is 36.6 Å². The molecule has 0 radical (unpaired) electrons. The number of fused-ring (bicyclic) bond motifs is 1. The number of halogens is 1. The van der Waals surface area contributed by atoms with Gasteiger partial charge in [-0.1, -0.05) is 6.07 Å². The number of hydrogen-bond donors (Lipinski definition) is 2. The third kappa shape index (κ3) is 2.14. The number of phenolic OH excluding ortho intramolecular Hbond substituents is 1. The van der Waals surface area contributed by atoms with E-state index in [2.05, 4.69) is 12.2 Å². The number of benzene rings is 1. The smallest absolute Gasteiger partial charge is 0.115 e. The lowest BCUT2D eigenvalue weighted by Crippen LogP contribution is -2.32. The largest absolute Gasteiger partial charge is 0.508 e. The molecular formula is C10H14ClNO. The Morgan fingerprint density at radius 1 is 1.38 bits per heavy atom. The molecule has 1 aliphatic heterocycles. The van der Waals surface area contributed by atoms with Crippen molar-refractivity contribution < 1.29 is 5.11 Å². The molecule has 0 aromatic heterocycles. The molecular weight excluding hydrogens is 186 g/mol. The molecule has 0 aliphatic carbocycles. The van der Waals surface area contributed by atoms with Crippen LogP contribution in [0.25, 0.3) is 0 Å². The van der Waals surface area contributed by atoms with Crippen molar-refractivity contribution in [1.29, 1.82) is 0 Å². The van der Waals surface area contributed by atoms with Gasteiger partial charge in [-0.15, -0.1) is 12.4 Å². The Labute approximate surface area is 84.4 Å². The molecule has 2 nitrogen and oxygen atoms in total. The minimum absolute atomic E-state index is 0. The summed E-state index contributed by atoms with van der Waals surface area (Å²) in [6, 6.07) is 6.18. The molecule has 0 amide bonds. The molecule has 72 valence electrons. The lowest BCUT2D eigenvalue weighted by Gasteiger charge is -2.22. The van der Waals surface area contributed by atoms with Gasteiger partial charge in [-0.25, -0.2) is 0 Å². The van der Waals surface area contributed by atoms with Crippen LogP contribution < -0.4 is 5.32 Å². The topological polar surface area (TPSA) is 32.3 Å². The molecule has 1 heterocycles. The van der Waals surface area contributed by atoms with E-state index in [0.29, 0.717) is 11.8 Å². The lowest BCUT2D eigenvalue weighted by molar-refractivity contribution is 0.468. The maximum Gasteiger partial charge on any atom is 0.115 e. The van der Waals surface area contributed by atoms with Crippen molar-refractivity contribution in [3.8, 4) is 5.75 Å².